The molecule has 64 valence electrons. The molecule has 0 aromatic heterocycles. The topological polar surface area (TPSA) is 12.5 Å². The molecule has 0 saturated carbocycles. The van der Waals surface area contributed by atoms with Gasteiger partial charge in [-0.05, 0) is 13.0 Å². The van der Waals surface area contributed by atoms with E-state index in [0.717, 1.165) is 32.7 Å². The Balaban J connectivity index is 2.27. The lowest BCUT2D eigenvalue weighted by molar-refractivity contribution is -0.0244. The molecule has 0 aromatic carbocycles. The van der Waals surface area contributed by atoms with E-state index in [1.807, 2.05) is 6.08 Å². The third-order valence-corrected chi connectivity index (χ3v) is 2.10. The SMILES string of the molecule is C=CCC1CN(CC)CCO1. The first kappa shape index (κ1) is 8.75. The van der Waals surface area contributed by atoms with Crippen LogP contribution in [-0.2, 0) is 4.74 Å². The lowest BCUT2D eigenvalue weighted by atomic mass is 10.2. The van der Waals surface area contributed by atoms with Crippen LogP contribution in [-0.4, -0.2) is 37.2 Å². The maximum Gasteiger partial charge on any atom is 0.0736 e. The summed E-state index contributed by atoms with van der Waals surface area (Å²) in [7, 11) is 0. The summed E-state index contributed by atoms with van der Waals surface area (Å²) in [5.74, 6) is 0. The highest BCUT2D eigenvalue weighted by Crippen LogP contribution is 2.07. The van der Waals surface area contributed by atoms with Gasteiger partial charge in [0.2, 0.25) is 0 Å². The Morgan fingerprint density at radius 3 is 3.18 bits per heavy atom. The van der Waals surface area contributed by atoms with Crippen molar-refractivity contribution < 1.29 is 4.74 Å². The van der Waals surface area contributed by atoms with Crippen LogP contribution in [0.3, 0.4) is 0 Å². The number of ether oxygens (including phenoxy) is 1. The predicted octanol–water partition coefficient (Wildman–Crippen LogP) is 1.28. The zero-order valence-electron chi connectivity index (χ0n) is 7.25. The number of hydrogen-bond donors (Lipinski definition) is 0. The lowest BCUT2D eigenvalue weighted by Gasteiger charge is -2.31. The summed E-state index contributed by atoms with van der Waals surface area (Å²) in [6, 6.07) is 0. The highest BCUT2D eigenvalue weighted by molar-refractivity contribution is 4.78. The van der Waals surface area contributed by atoms with Crippen LogP contribution >= 0.6 is 0 Å². The largest absolute Gasteiger partial charge is 0.375 e. The fourth-order valence-electron chi connectivity index (χ4n) is 1.40. The molecule has 0 radical (unpaired) electrons. The van der Waals surface area contributed by atoms with Gasteiger partial charge >= 0.3 is 0 Å². The van der Waals surface area contributed by atoms with Crippen LogP contribution in [0.15, 0.2) is 12.7 Å². The van der Waals surface area contributed by atoms with Crippen molar-refractivity contribution in [1.82, 2.24) is 4.90 Å². The van der Waals surface area contributed by atoms with Crippen molar-refractivity contribution in [3.63, 3.8) is 0 Å². The van der Waals surface area contributed by atoms with Crippen LogP contribution in [0.4, 0.5) is 0 Å². The van der Waals surface area contributed by atoms with Crippen LogP contribution in [0.2, 0.25) is 0 Å². The molecule has 1 aliphatic rings. The molecular weight excluding hydrogens is 138 g/mol. The summed E-state index contributed by atoms with van der Waals surface area (Å²) in [6.45, 7) is 10.1. The molecular formula is C9H17NO. The molecule has 2 heteroatoms. The molecule has 0 aromatic rings. The Kier molecular flexibility index (Phi) is 3.60. The molecule has 1 heterocycles. The normalized spacial score (nSPS) is 26.8. The molecule has 0 aliphatic carbocycles. The van der Waals surface area contributed by atoms with E-state index in [2.05, 4.69) is 18.4 Å². The van der Waals surface area contributed by atoms with Gasteiger partial charge in [-0.25, -0.2) is 0 Å². The van der Waals surface area contributed by atoms with Gasteiger partial charge in [0.1, 0.15) is 0 Å². The first-order valence-corrected chi connectivity index (χ1v) is 4.31. The first-order valence-electron chi connectivity index (χ1n) is 4.31. The third-order valence-electron chi connectivity index (χ3n) is 2.10. The summed E-state index contributed by atoms with van der Waals surface area (Å²) in [4.78, 5) is 2.41. The molecule has 1 rings (SSSR count). The Bertz CT molecular complexity index is 125. The molecule has 0 amide bonds. The van der Waals surface area contributed by atoms with E-state index in [-0.39, 0.29) is 0 Å². The van der Waals surface area contributed by atoms with E-state index in [1.165, 1.54) is 0 Å². The van der Waals surface area contributed by atoms with Crippen LogP contribution in [0.5, 0.6) is 0 Å². The molecule has 11 heavy (non-hydrogen) atoms. The van der Waals surface area contributed by atoms with E-state index < -0.39 is 0 Å². The van der Waals surface area contributed by atoms with Gasteiger partial charge in [0.25, 0.3) is 0 Å². The van der Waals surface area contributed by atoms with Gasteiger partial charge in [-0.1, -0.05) is 13.0 Å². The van der Waals surface area contributed by atoms with Gasteiger partial charge in [0.05, 0.1) is 12.7 Å². The number of hydrogen-bond acceptors (Lipinski definition) is 2. The highest BCUT2D eigenvalue weighted by Gasteiger charge is 2.17. The summed E-state index contributed by atoms with van der Waals surface area (Å²) in [5.41, 5.74) is 0. The minimum Gasteiger partial charge on any atom is -0.375 e. The number of morpholine rings is 1. The first-order chi connectivity index (χ1) is 5.36. The number of nitrogens with zero attached hydrogens (tertiary/aromatic N) is 1. The van der Waals surface area contributed by atoms with E-state index in [4.69, 9.17) is 4.74 Å². The Hall–Kier alpha value is -0.340. The van der Waals surface area contributed by atoms with Gasteiger partial charge in [-0.3, -0.25) is 4.90 Å². The van der Waals surface area contributed by atoms with E-state index in [9.17, 15) is 0 Å². The van der Waals surface area contributed by atoms with Gasteiger partial charge in [-0.15, -0.1) is 6.58 Å². The number of likely N-dealkylation sites (N-methyl/N-ethyl adjacent to an activating group) is 1. The van der Waals surface area contributed by atoms with Crippen molar-refractivity contribution in [2.75, 3.05) is 26.2 Å². The van der Waals surface area contributed by atoms with Crippen LogP contribution in [0.1, 0.15) is 13.3 Å². The van der Waals surface area contributed by atoms with Crippen LogP contribution < -0.4 is 0 Å². The standard InChI is InChI=1S/C9H17NO/c1-3-5-9-8-10(4-2)6-7-11-9/h3,9H,1,4-8H2,2H3. The Morgan fingerprint density at radius 1 is 1.73 bits per heavy atom. The Labute approximate surface area is 68.8 Å². The molecule has 0 spiro atoms. The van der Waals surface area contributed by atoms with Crippen molar-refractivity contribution in [3.8, 4) is 0 Å². The smallest absolute Gasteiger partial charge is 0.0736 e. The third kappa shape index (κ3) is 2.64. The van der Waals surface area contributed by atoms with Crippen LogP contribution in [0.25, 0.3) is 0 Å². The van der Waals surface area contributed by atoms with Crippen molar-refractivity contribution >= 4 is 0 Å². The lowest BCUT2D eigenvalue weighted by Crippen LogP contribution is -2.41. The van der Waals surface area contributed by atoms with Gasteiger partial charge in [0.15, 0.2) is 0 Å². The molecule has 1 aliphatic heterocycles. The maximum atomic E-state index is 5.54. The molecule has 1 atom stereocenters. The summed E-state index contributed by atoms with van der Waals surface area (Å²) < 4.78 is 5.54. The fourth-order valence-corrected chi connectivity index (χ4v) is 1.40. The van der Waals surface area contributed by atoms with Crippen molar-refractivity contribution in [2.45, 2.75) is 19.4 Å². The molecule has 2 nitrogen and oxygen atoms in total. The second kappa shape index (κ2) is 4.52. The van der Waals surface area contributed by atoms with Gasteiger partial charge in [0, 0.05) is 13.1 Å². The molecule has 1 fully saturated rings. The van der Waals surface area contributed by atoms with Crippen molar-refractivity contribution in [1.29, 1.82) is 0 Å². The summed E-state index contributed by atoms with van der Waals surface area (Å²) in [6.07, 6.45) is 3.31. The molecule has 0 N–H and O–H groups in total. The van der Waals surface area contributed by atoms with E-state index in [0.29, 0.717) is 6.10 Å². The summed E-state index contributed by atoms with van der Waals surface area (Å²) >= 11 is 0. The zero-order chi connectivity index (χ0) is 8.10. The predicted molar refractivity (Wildman–Crippen MR) is 46.7 cm³/mol. The molecule has 1 unspecified atom stereocenters. The zero-order valence-corrected chi connectivity index (χ0v) is 7.25. The molecule has 0 bridgehead atoms. The van der Waals surface area contributed by atoms with Gasteiger partial charge < -0.3 is 4.74 Å². The average molecular weight is 155 g/mol. The second-order valence-electron chi connectivity index (χ2n) is 2.91. The minimum atomic E-state index is 0.390. The Morgan fingerprint density at radius 2 is 2.55 bits per heavy atom. The maximum absolute atomic E-state index is 5.54. The average Bonchev–Trinajstić information content (AvgIpc) is 2.06. The van der Waals surface area contributed by atoms with Crippen molar-refractivity contribution in [2.24, 2.45) is 0 Å². The fraction of sp³-hybridized carbons (Fsp3) is 0.778. The summed E-state index contributed by atoms with van der Waals surface area (Å²) in [5, 5.41) is 0. The monoisotopic (exact) mass is 155 g/mol. The quantitative estimate of drug-likeness (QED) is 0.569. The van der Waals surface area contributed by atoms with Gasteiger partial charge in [-0.2, -0.15) is 0 Å². The minimum absolute atomic E-state index is 0.390. The molecule has 1 saturated heterocycles. The highest BCUT2D eigenvalue weighted by atomic mass is 16.5. The second-order valence-corrected chi connectivity index (χ2v) is 2.91. The van der Waals surface area contributed by atoms with Crippen LogP contribution in [0, 0.1) is 0 Å². The number of rotatable bonds is 3. The van der Waals surface area contributed by atoms with E-state index >= 15 is 0 Å². The van der Waals surface area contributed by atoms with E-state index in [1.54, 1.807) is 0 Å². The van der Waals surface area contributed by atoms with Crippen molar-refractivity contribution in [3.05, 3.63) is 12.7 Å².